The van der Waals surface area contributed by atoms with Crippen molar-refractivity contribution in [3.8, 4) is 0 Å². The van der Waals surface area contributed by atoms with Gasteiger partial charge in [-0.15, -0.1) is 0 Å². The maximum atomic E-state index is 12.1. The van der Waals surface area contributed by atoms with Crippen LogP contribution in [0, 0.1) is 0 Å². The maximum absolute atomic E-state index is 12.1. The first-order valence-electron chi connectivity index (χ1n) is 7.24. The zero-order valence-corrected chi connectivity index (χ0v) is 13.4. The summed E-state index contributed by atoms with van der Waals surface area (Å²) in [6, 6.07) is -0.621. The van der Waals surface area contributed by atoms with Gasteiger partial charge in [-0.25, -0.2) is 4.79 Å². The first kappa shape index (κ1) is 18.3. The van der Waals surface area contributed by atoms with Crippen molar-refractivity contribution in [2.24, 2.45) is 0 Å². The van der Waals surface area contributed by atoms with E-state index < -0.39 is 6.04 Å². The Bertz CT molecular complexity index is 481. The number of methoxy groups -OCH3 is 2. The predicted octanol–water partition coefficient (Wildman–Crippen LogP) is -0.313. The van der Waals surface area contributed by atoms with E-state index in [-0.39, 0.29) is 18.4 Å². The van der Waals surface area contributed by atoms with E-state index in [1.807, 2.05) is 18.2 Å². The summed E-state index contributed by atoms with van der Waals surface area (Å²) >= 11 is 0. The number of nitrogens with one attached hydrogen (secondary N) is 1. The summed E-state index contributed by atoms with van der Waals surface area (Å²) in [5.74, 6) is -0.375. The molecule has 22 heavy (non-hydrogen) atoms. The Hall–Kier alpha value is -1.76. The number of carbonyl (C=O) groups is 2. The van der Waals surface area contributed by atoms with Crippen LogP contribution in [0.3, 0.4) is 0 Å². The molecule has 0 aromatic carbocycles. The standard InChI is InChI=1S/C16H24N2O4/c1-12(19)18-15(11-22-3)16(20)17-9-13-5-4-6-14(8-7-13)10-21-2/h4,6-8,15H,5,9-11H2,1-3H3,(H,17,20)(H,18,19)/p+1. The lowest BCUT2D eigenvalue weighted by atomic mass is 10.1. The second kappa shape index (κ2) is 10.0. The van der Waals surface area contributed by atoms with Crippen LogP contribution in [0.25, 0.3) is 0 Å². The van der Waals surface area contributed by atoms with Crippen LogP contribution < -0.4 is 10.6 Å². The lowest BCUT2D eigenvalue weighted by molar-refractivity contribution is -0.562. The molecule has 0 radical (unpaired) electrons. The van der Waals surface area contributed by atoms with Gasteiger partial charge in [0, 0.05) is 21.1 Å². The fourth-order valence-electron chi connectivity index (χ4n) is 2.11. The van der Waals surface area contributed by atoms with Gasteiger partial charge in [-0.1, -0.05) is 24.3 Å². The monoisotopic (exact) mass is 309 g/mol. The van der Waals surface area contributed by atoms with E-state index >= 15 is 0 Å². The van der Waals surface area contributed by atoms with Gasteiger partial charge in [-0.2, -0.15) is 0 Å². The van der Waals surface area contributed by atoms with E-state index in [1.165, 1.54) is 14.0 Å². The smallest absolute Gasteiger partial charge is 0.335 e. The minimum Gasteiger partial charge on any atom is -0.382 e. The van der Waals surface area contributed by atoms with Crippen molar-refractivity contribution in [3.05, 3.63) is 35.5 Å². The van der Waals surface area contributed by atoms with E-state index in [0.29, 0.717) is 13.2 Å². The number of hydrogen-bond acceptors (Lipinski definition) is 4. The number of ether oxygens (including phenoxy) is 2. The fourth-order valence-corrected chi connectivity index (χ4v) is 2.11. The van der Waals surface area contributed by atoms with Crippen LogP contribution in [-0.4, -0.2) is 51.8 Å². The highest BCUT2D eigenvalue weighted by Crippen LogP contribution is 2.10. The molecule has 0 heterocycles. The lowest BCUT2D eigenvalue weighted by Gasteiger charge is -2.13. The minimum absolute atomic E-state index is 0.132. The van der Waals surface area contributed by atoms with E-state index in [1.54, 1.807) is 12.4 Å². The van der Waals surface area contributed by atoms with Crippen molar-refractivity contribution in [2.75, 3.05) is 34.0 Å². The third kappa shape index (κ3) is 6.80. The summed E-state index contributed by atoms with van der Waals surface area (Å²) in [5, 5.41) is 4.20. The summed E-state index contributed by atoms with van der Waals surface area (Å²) < 4.78 is 10.1. The zero-order chi connectivity index (χ0) is 16.4. The third-order valence-corrected chi connectivity index (χ3v) is 3.18. The Morgan fingerprint density at radius 2 is 2.09 bits per heavy atom. The predicted molar refractivity (Wildman–Crippen MR) is 83.1 cm³/mol. The summed E-state index contributed by atoms with van der Waals surface area (Å²) in [5.41, 5.74) is 2.23. The first-order chi connectivity index (χ1) is 10.6. The number of rotatable bonds is 8. The highest BCUT2D eigenvalue weighted by atomic mass is 16.5. The Kier molecular flexibility index (Phi) is 8.35. The Morgan fingerprint density at radius 3 is 2.73 bits per heavy atom. The molecule has 0 saturated heterocycles. The second-order valence-electron chi connectivity index (χ2n) is 5.13. The van der Waals surface area contributed by atoms with Gasteiger partial charge in [0.15, 0.2) is 6.04 Å². The SMILES string of the molecule is COCC1=CC=C(C[NH2+]C(=O)C(COC)NC(C)=O)CC=C1. The van der Waals surface area contributed by atoms with E-state index in [4.69, 9.17) is 9.47 Å². The van der Waals surface area contributed by atoms with Gasteiger partial charge >= 0.3 is 5.91 Å². The van der Waals surface area contributed by atoms with Crippen molar-refractivity contribution < 1.29 is 24.4 Å². The molecular weight excluding hydrogens is 284 g/mol. The molecule has 1 aliphatic rings. The zero-order valence-electron chi connectivity index (χ0n) is 13.4. The van der Waals surface area contributed by atoms with Crippen LogP contribution in [0.15, 0.2) is 35.5 Å². The van der Waals surface area contributed by atoms with Crippen LogP contribution in [-0.2, 0) is 19.1 Å². The summed E-state index contributed by atoms with van der Waals surface area (Å²) in [7, 11) is 3.16. The molecule has 0 fully saturated rings. The molecule has 6 nitrogen and oxygen atoms in total. The van der Waals surface area contributed by atoms with Crippen LogP contribution >= 0.6 is 0 Å². The highest BCUT2D eigenvalue weighted by molar-refractivity contribution is 5.81. The molecule has 1 aliphatic carbocycles. The van der Waals surface area contributed by atoms with Crippen molar-refractivity contribution >= 4 is 11.8 Å². The van der Waals surface area contributed by atoms with Crippen molar-refractivity contribution in [2.45, 2.75) is 19.4 Å². The Morgan fingerprint density at radius 1 is 1.32 bits per heavy atom. The van der Waals surface area contributed by atoms with Crippen LogP contribution in [0.1, 0.15) is 13.3 Å². The van der Waals surface area contributed by atoms with Crippen LogP contribution in [0.4, 0.5) is 0 Å². The molecule has 1 rings (SSSR count). The molecule has 2 amide bonds. The lowest BCUT2D eigenvalue weighted by Crippen LogP contribution is -2.92. The average Bonchev–Trinajstić information content (AvgIpc) is 2.70. The van der Waals surface area contributed by atoms with Gasteiger partial charge in [0.2, 0.25) is 5.91 Å². The van der Waals surface area contributed by atoms with E-state index in [0.717, 1.165) is 17.6 Å². The summed E-state index contributed by atoms with van der Waals surface area (Å²) in [6.45, 7) is 2.68. The second-order valence-corrected chi connectivity index (χ2v) is 5.13. The first-order valence-corrected chi connectivity index (χ1v) is 7.24. The molecule has 1 atom stereocenters. The largest absolute Gasteiger partial charge is 0.382 e. The van der Waals surface area contributed by atoms with E-state index in [9.17, 15) is 9.59 Å². The number of allylic oxidation sites excluding steroid dienone is 3. The van der Waals surface area contributed by atoms with Crippen molar-refractivity contribution in [1.29, 1.82) is 0 Å². The van der Waals surface area contributed by atoms with Gasteiger partial charge in [0.1, 0.15) is 6.54 Å². The molecule has 0 aromatic rings. The van der Waals surface area contributed by atoms with Gasteiger partial charge < -0.3 is 14.8 Å². The molecule has 6 heteroatoms. The molecule has 122 valence electrons. The molecule has 3 N–H and O–H groups in total. The molecule has 1 unspecified atom stereocenters. The molecular formula is C16H25N2O4+. The summed E-state index contributed by atoms with van der Waals surface area (Å²) in [4.78, 5) is 23.2. The Balaban J connectivity index is 2.55. The molecule has 0 saturated carbocycles. The highest BCUT2D eigenvalue weighted by Gasteiger charge is 2.23. The van der Waals surface area contributed by atoms with E-state index in [2.05, 4.69) is 11.4 Å². The molecule has 0 aromatic heterocycles. The number of carbonyl (C=O) groups excluding carboxylic acids is 2. The number of quaternary nitrogens is 1. The molecule has 0 bridgehead atoms. The topological polar surface area (TPSA) is 81.2 Å². The van der Waals surface area contributed by atoms with Gasteiger partial charge in [0.25, 0.3) is 0 Å². The number of primary amides is 1. The minimum atomic E-state index is -0.621. The fraction of sp³-hybridized carbons (Fsp3) is 0.500. The summed E-state index contributed by atoms with van der Waals surface area (Å²) in [6.07, 6.45) is 8.90. The van der Waals surface area contributed by atoms with Crippen molar-refractivity contribution in [3.63, 3.8) is 0 Å². The third-order valence-electron chi connectivity index (χ3n) is 3.18. The van der Waals surface area contributed by atoms with Crippen LogP contribution in [0.5, 0.6) is 0 Å². The van der Waals surface area contributed by atoms with Gasteiger partial charge in [-0.05, 0) is 17.6 Å². The normalized spacial score (nSPS) is 15.6. The number of nitrogens with two attached hydrogens (primary N) is 1. The molecule has 0 aliphatic heterocycles. The maximum Gasteiger partial charge on any atom is 0.335 e. The quantitative estimate of drug-likeness (QED) is 0.644. The van der Waals surface area contributed by atoms with Gasteiger partial charge in [-0.3, -0.25) is 10.1 Å². The van der Waals surface area contributed by atoms with Gasteiger partial charge in [0.05, 0.1) is 13.2 Å². The van der Waals surface area contributed by atoms with Crippen molar-refractivity contribution in [1.82, 2.24) is 5.32 Å². The number of hydrogen-bond donors (Lipinski definition) is 2. The van der Waals surface area contributed by atoms with Crippen LogP contribution in [0.2, 0.25) is 0 Å². The number of amides is 2. The Labute approximate surface area is 131 Å². The average molecular weight is 309 g/mol. The molecule has 0 spiro atoms.